The van der Waals surface area contributed by atoms with Gasteiger partial charge in [0.05, 0.1) is 5.69 Å². The van der Waals surface area contributed by atoms with Gasteiger partial charge in [-0.05, 0) is 25.5 Å². The summed E-state index contributed by atoms with van der Waals surface area (Å²) in [6.45, 7) is 5.30. The fourth-order valence-corrected chi connectivity index (χ4v) is 1.63. The maximum Gasteiger partial charge on any atom is 0.152 e. The summed E-state index contributed by atoms with van der Waals surface area (Å²) >= 11 is 0. The lowest BCUT2D eigenvalue weighted by Gasteiger charge is -2.34. The summed E-state index contributed by atoms with van der Waals surface area (Å²) in [5.41, 5.74) is 2.45. The fourth-order valence-electron chi connectivity index (χ4n) is 1.63. The molecule has 0 aromatic carbocycles. The first-order chi connectivity index (χ1) is 6.20. The molecule has 1 aliphatic rings. The van der Waals surface area contributed by atoms with Crippen LogP contribution in [0.1, 0.15) is 12.5 Å². The Morgan fingerprint density at radius 3 is 3.15 bits per heavy atom. The third-order valence-electron chi connectivity index (χ3n) is 2.71. The Labute approximate surface area is 78.8 Å². The van der Waals surface area contributed by atoms with Crippen LogP contribution < -0.4 is 10.2 Å². The van der Waals surface area contributed by atoms with E-state index in [4.69, 9.17) is 0 Å². The van der Waals surface area contributed by atoms with Gasteiger partial charge in [-0.15, -0.1) is 0 Å². The zero-order valence-corrected chi connectivity index (χ0v) is 8.33. The van der Waals surface area contributed by atoms with Crippen molar-refractivity contribution < 1.29 is 0 Å². The number of nitrogens with one attached hydrogen (secondary N) is 1. The molecule has 1 aromatic heterocycles. The minimum absolute atomic E-state index is 0.516. The predicted octanol–water partition coefficient (Wildman–Crippen LogP) is 1.64. The molecule has 0 aliphatic carbocycles. The van der Waals surface area contributed by atoms with Gasteiger partial charge in [0.25, 0.3) is 0 Å². The summed E-state index contributed by atoms with van der Waals surface area (Å²) in [6.07, 6.45) is 1.87. The van der Waals surface area contributed by atoms with Crippen LogP contribution in [0, 0.1) is 6.92 Å². The molecule has 0 saturated carbocycles. The molecule has 0 bridgehead atoms. The van der Waals surface area contributed by atoms with Crippen molar-refractivity contribution in [2.75, 3.05) is 23.8 Å². The largest absolute Gasteiger partial charge is 0.380 e. The van der Waals surface area contributed by atoms with Crippen LogP contribution in [0.3, 0.4) is 0 Å². The summed E-state index contributed by atoms with van der Waals surface area (Å²) in [6, 6.07) is 2.55. The lowest BCUT2D eigenvalue weighted by atomic mass is 10.1. The minimum atomic E-state index is 0.516. The first kappa shape index (κ1) is 8.35. The van der Waals surface area contributed by atoms with E-state index in [1.54, 1.807) is 0 Å². The van der Waals surface area contributed by atoms with Gasteiger partial charge in [0, 0.05) is 25.8 Å². The number of aromatic nitrogens is 1. The standard InChI is InChI=1S/C10H15N3/c1-7-4-5-11-10-9(7)12-6-8(2)13(10)3/h4-5,8,12H,6H2,1-3H3. The van der Waals surface area contributed by atoms with E-state index >= 15 is 0 Å². The molecule has 1 atom stereocenters. The van der Waals surface area contributed by atoms with Crippen molar-refractivity contribution in [2.24, 2.45) is 0 Å². The first-order valence-electron chi connectivity index (χ1n) is 4.62. The number of nitrogens with zero attached hydrogens (tertiary/aromatic N) is 2. The second-order valence-corrected chi connectivity index (χ2v) is 3.67. The van der Waals surface area contributed by atoms with Crippen LogP contribution in [0.5, 0.6) is 0 Å². The van der Waals surface area contributed by atoms with Gasteiger partial charge >= 0.3 is 0 Å². The quantitative estimate of drug-likeness (QED) is 0.653. The van der Waals surface area contributed by atoms with Crippen molar-refractivity contribution in [1.29, 1.82) is 0 Å². The van der Waals surface area contributed by atoms with E-state index < -0.39 is 0 Å². The molecule has 2 rings (SSSR count). The molecule has 0 radical (unpaired) electrons. The molecule has 1 unspecified atom stereocenters. The maximum atomic E-state index is 4.37. The Hall–Kier alpha value is -1.25. The van der Waals surface area contributed by atoms with Crippen molar-refractivity contribution in [3.05, 3.63) is 17.8 Å². The van der Waals surface area contributed by atoms with E-state index in [2.05, 4.69) is 36.1 Å². The number of aryl methyl sites for hydroxylation is 1. The Morgan fingerprint density at radius 1 is 1.62 bits per heavy atom. The second kappa shape index (κ2) is 2.91. The normalized spacial score (nSPS) is 20.8. The SMILES string of the molecule is Cc1ccnc2c1NCC(C)N2C. The average Bonchev–Trinajstić information content (AvgIpc) is 2.12. The third-order valence-corrected chi connectivity index (χ3v) is 2.71. The Kier molecular flexibility index (Phi) is 1.87. The van der Waals surface area contributed by atoms with Crippen molar-refractivity contribution in [2.45, 2.75) is 19.9 Å². The van der Waals surface area contributed by atoms with E-state index in [1.165, 1.54) is 11.3 Å². The van der Waals surface area contributed by atoms with Gasteiger partial charge in [0.1, 0.15) is 0 Å². The molecule has 0 saturated heterocycles. The smallest absolute Gasteiger partial charge is 0.152 e. The lowest BCUT2D eigenvalue weighted by Crippen LogP contribution is -2.40. The Balaban J connectivity index is 2.49. The third kappa shape index (κ3) is 1.24. The predicted molar refractivity (Wildman–Crippen MR) is 55.3 cm³/mol. The average molecular weight is 177 g/mol. The van der Waals surface area contributed by atoms with Crippen LogP contribution >= 0.6 is 0 Å². The van der Waals surface area contributed by atoms with E-state index in [0.29, 0.717) is 6.04 Å². The van der Waals surface area contributed by atoms with Gasteiger partial charge in [-0.25, -0.2) is 4.98 Å². The maximum absolute atomic E-state index is 4.37. The first-order valence-corrected chi connectivity index (χ1v) is 4.62. The monoisotopic (exact) mass is 177 g/mol. The van der Waals surface area contributed by atoms with Crippen molar-refractivity contribution in [1.82, 2.24) is 4.98 Å². The minimum Gasteiger partial charge on any atom is -0.380 e. The van der Waals surface area contributed by atoms with Gasteiger partial charge in [0.15, 0.2) is 5.82 Å². The topological polar surface area (TPSA) is 28.2 Å². The zero-order valence-electron chi connectivity index (χ0n) is 8.33. The van der Waals surface area contributed by atoms with Gasteiger partial charge in [-0.1, -0.05) is 0 Å². The van der Waals surface area contributed by atoms with Crippen LogP contribution in [0.25, 0.3) is 0 Å². The van der Waals surface area contributed by atoms with E-state index in [1.807, 2.05) is 12.3 Å². The molecule has 1 aliphatic heterocycles. The number of anilines is 2. The molecule has 13 heavy (non-hydrogen) atoms. The molecular weight excluding hydrogens is 162 g/mol. The van der Waals surface area contributed by atoms with E-state index in [9.17, 15) is 0 Å². The van der Waals surface area contributed by atoms with E-state index in [0.717, 1.165) is 12.4 Å². The molecule has 0 spiro atoms. The molecule has 1 aromatic rings. The zero-order chi connectivity index (χ0) is 9.42. The van der Waals surface area contributed by atoms with Crippen molar-refractivity contribution in [3.8, 4) is 0 Å². The summed E-state index contributed by atoms with van der Waals surface area (Å²) in [5, 5.41) is 3.41. The van der Waals surface area contributed by atoms with Crippen molar-refractivity contribution in [3.63, 3.8) is 0 Å². The molecule has 3 nitrogen and oxygen atoms in total. The highest BCUT2D eigenvalue weighted by molar-refractivity contribution is 5.71. The van der Waals surface area contributed by atoms with Crippen LogP contribution in [0.15, 0.2) is 12.3 Å². The van der Waals surface area contributed by atoms with Crippen molar-refractivity contribution >= 4 is 11.5 Å². The summed E-state index contributed by atoms with van der Waals surface area (Å²) in [4.78, 5) is 6.60. The fraction of sp³-hybridized carbons (Fsp3) is 0.500. The summed E-state index contributed by atoms with van der Waals surface area (Å²) < 4.78 is 0. The molecule has 3 heteroatoms. The number of likely N-dealkylation sites (N-methyl/N-ethyl adjacent to an activating group) is 1. The highest BCUT2D eigenvalue weighted by Gasteiger charge is 2.21. The highest BCUT2D eigenvalue weighted by atomic mass is 15.2. The summed E-state index contributed by atoms with van der Waals surface area (Å²) in [5.74, 6) is 1.07. The Morgan fingerprint density at radius 2 is 2.38 bits per heavy atom. The van der Waals surface area contributed by atoms with Crippen LogP contribution in [-0.2, 0) is 0 Å². The molecule has 0 amide bonds. The van der Waals surface area contributed by atoms with Crippen LogP contribution in [0.2, 0.25) is 0 Å². The molecule has 70 valence electrons. The Bertz CT molecular complexity index is 322. The highest BCUT2D eigenvalue weighted by Crippen LogP contribution is 2.30. The second-order valence-electron chi connectivity index (χ2n) is 3.67. The summed E-state index contributed by atoms with van der Waals surface area (Å²) in [7, 11) is 2.09. The van der Waals surface area contributed by atoms with Crippen LogP contribution in [0.4, 0.5) is 11.5 Å². The molecule has 1 N–H and O–H groups in total. The molecule has 2 heterocycles. The van der Waals surface area contributed by atoms with Gasteiger partial charge < -0.3 is 10.2 Å². The van der Waals surface area contributed by atoms with Gasteiger partial charge in [-0.3, -0.25) is 0 Å². The number of hydrogen-bond acceptors (Lipinski definition) is 3. The molecular formula is C10H15N3. The number of fused-ring (bicyclic) bond motifs is 1. The van der Waals surface area contributed by atoms with Gasteiger partial charge in [-0.2, -0.15) is 0 Å². The van der Waals surface area contributed by atoms with E-state index in [-0.39, 0.29) is 0 Å². The van der Waals surface area contributed by atoms with Gasteiger partial charge in [0.2, 0.25) is 0 Å². The molecule has 0 fully saturated rings. The number of pyridine rings is 1. The number of rotatable bonds is 0. The number of hydrogen-bond donors (Lipinski definition) is 1. The lowest BCUT2D eigenvalue weighted by molar-refractivity contribution is 0.688. The van der Waals surface area contributed by atoms with Crippen LogP contribution in [-0.4, -0.2) is 24.6 Å².